The Morgan fingerprint density at radius 1 is 2.00 bits per heavy atom. The van der Waals surface area contributed by atoms with Gasteiger partial charge in [-0.1, -0.05) is 6.92 Å². The lowest BCUT2D eigenvalue weighted by Crippen LogP contribution is -2.49. The minimum Gasteiger partial charge on any atom is -0.272 e. The van der Waals surface area contributed by atoms with Gasteiger partial charge in [-0.05, 0) is 0 Å². The van der Waals surface area contributed by atoms with E-state index >= 15 is 0 Å². The maximum atomic E-state index is 10.6. The first kappa shape index (κ1) is 5.99. The van der Waals surface area contributed by atoms with E-state index < -0.39 is 0 Å². The minimum absolute atomic E-state index is 0.0694. The molecule has 0 spiro atoms. The Labute approximate surface area is 50.2 Å². The molecule has 1 unspecified atom stereocenters. The lowest BCUT2D eigenvalue weighted by molar-refractivity contribution is -0.181. The molecule has 3 nitrogen and oxygen atoms in total. The molecule has 0 aromatic carbocycles. The predicted octanol–water partition coefficient (Wildman–Crippen LogP) is 0.186. The van der Waals surface area contributed by atoms with Crippen LogP contribution in [0, 0.1) is 5.92 Å². The van der Waals surface area contributed by atoms with E-state index in [9.17, 15) is 4.79 Å². The smallest absolute Gasteiger partial charge is 0.251 e. The molecule has 0 bridgehead atoms. The third-order valence-corrected chi connectivity index (χ3v) is 1.49. The average molecular weight is 133 g/mol. The maximum absolute atomic E-state index is 10.6. The van der Waals surface area contributed by atoms with Gasteiger partial charge in [-0.15, -0.1) is 0 Å². The monoisotopic (exact) mass is 133 g/mol. The van der Waals surface area contributed by atoms with Crippen LogP contribution in [0.2, 0.25) is 0 Å². The molecule has 2 atom stereocenters. The second-order valence-electron chi connectivity index (χ2n) is 1.91. The molecule has 1 aliphatic rings. The topological polar surface area (TPSA) is 29.5 Å². The lowest BCUT2D eigenvalue weighted by atomic mass is 10.1. The first-order valence-electron chi connectivity index (χ1n) is 2.44. The molecule has 1 heterocycles. The Morgan fingerprint density at radius 3 is 2.75 bits per heavy atom. The highest BCUT2D eigenvalue weighted by Crippen LogP contribution is 2.17. The summed E-state index contributed by atoms with van der Waals surface area (Å²) in [5.41, 5.74) is 0. The summed E-state index contributed by atoms with van der Waals surface area (Å²) in [7, 11) is 2.04. The summed E-state index contributed by atoms with van der Waals surface area (Å²) in [5, 5.41) is 1.31. The van der Waals surface area contributed by atoms with Gasteiger partial charge in [0.05, 0.1) is 12.5 Å². The van der Waals surface area contributed by atoms with Crippen molar-refractivity contribution in [1.29, 1.82) is 0 Å². The van der Waals surface area contributed by atoms with Gasteiger partial charge in [0.1, 0.15) is 0 Å². The number of carbonyl (C=O) groups is 1. The third kappa shape index (κ3) is 0.721. The summed E-state index contributed by atoms with van der Waals surface area (Å²) in [5.74, 6) is 0.232. The highest BCUT2D eigenvalue weighted by Gasteiger charge is 2.32. The van der Waals surface area contributed by atoms with Gasteiger partial charge < -0.3 is 0 Å². The molecule has 0 N–H and O–H groups in total. The molecule has 46 valence electrons. The first-order valence-corrected chi connectivity index (χ1v) is 2.91. The average Bonchev–Trinajstić information content (AvgIpc) is 1.81. The molecule has 0 aromatic rings. The van der Waals surface area contributed by atoms with Gasteiger partial charge in [0.15, 0.2) is 0 Å². The van der Waals surface area contributed by atoms with Crippen LogP contribution >= 0.6 is 9.47 Å². The van der Waals surface area contributed by atoms with Crippen molar-refractivity contribution in [2.45, 2.75) is 6.92 Å². The number of amides is 1. The fraction of sp³-hybridized carbons (Fsp3) is 0.750. The van der Waals surface area contributed by atoms with Crippen molar-refractivity contribution in [3.05, 3.63) is 0 Å². The van der Waals surface area contributed by atoms with Crippen molar-refractivity contribution >= 4 is 15.4 Å². The van der Waals surface area contributed by atoms with E-state index in [2.05, 4.69) is 4.62 Å². The fourth-order valence-corrected chi connectivity index (χ4v) is 0.835. The van der Waals surface area contributed by atoms with Crippen LogP contribution in [0.15, 0.2) is 0 Å². The summed E-state index contributed by atoms with van der Waals surface area (Å²) in [6.45, 7) is 2.60. The zero-order valence-corrected chi connectivity index (χ0v) is 5.78. The highest BCUT2D eigenvalue weighted by molar-refractivity contribution is 7.09. The van der Waals surface area contributed by atoms with Crippen LogP contribution in [0.5, 0.6) is 0 Å². The van der Waals surface area contributed by atoms with E-state index in [0.717, 1.165) is 6.54 Å². The lowest BCUT2D eigenvalue weighted by Gasteiger charge is -2.33. The van der Waals surface area contributed by atoms with E-state index in [1.54, 1.807) is 0 Å². The van der Waals surface area contributed by atoms with E-state index in [-0.39, 0.29) is 11.8 Å². The van der Waals surface area contributed by atoms with Crippen molar-refractivity contribution in [1.82, 2.24) is 5.06 Å². The molecule has 1 saturated heterocycles. The highest BCUT2D eigenvalue weighted by atomic mass is 31.0. The number of hydrogen-bond acceptors (Lipinski definition) is 2. The van der Waals surface area contributed by atoms with Gasteiger partial charge in [0.2, 0.25) is 0 Å². The van der Waals surface area contributed by atoms with Crippen LogP contribution in [0.4, 0.5) is 0 Å². The van der Waals surface area contributed by atoms with E-state index in [0.29, 0.717) is 0 Å². The van der Waals surface area contributed by atoms with Crippen molar-refractivity contribution in [3.63, 3.8) is 0 Å². The normalized spacial score (nSPS) is 28.0. The zero-order valence-electron chi connectivity index (χ0n) is 4.63. The molecular weight excluding hydrogens is 125 g/mol. The first-order chi connectivity index (χ1) is 3.75. The van der Waals surface area contributed by atoms with E-state index in [1.165, 1.54) is 5.06 Å². The number of hydroxylamine groups is 2. The predicted molar refractivity (Wildman–Crippen MR) is 31.7 cm³/mol. The summed E-state index contributed by atoms with van der Waals surface area (Å²) in [4.78, 5) is 10.6. The van der Waals surface area contributed by atoms with Gasteiger partial charge in [0.25, 0.3) is 5.91 Å². The van der Waals surface area contributed by atoms with Crippen LogP contribution in [0.1, 0.15) is 6.92 Å². The van der Waals surface area contributed by atoms with Gasteiger partial charge in [-0.2, -0.15) is 0 Å². The molecule has 0 radical (unpaired) electrons. The molecule has 8 heavy (non-hydrogen) atoms. The minimum atomic E-state index is 0.0694. The zero-order chi connectivity index (χ0) is 6.15. The summed E-state index contributed by atoms with van der Waals surface area (Å²) < 4.78 is 4.57. The van der Waals surface area contributed by atoms with Crippen LogP contribution in [0.3, 0.4) is 0 Å². The Morgan fingerprint density at radius 2 is 2.62 bits per heavy atom. The van der Waals surface area contributed by atoms with Crippen LogP contribution in [0.25, 0.3) is 0 Å². The summed E-state index contributed by atoms with van der Waals surface area (Å²) in [6, 6.07) is 0. The number of rotatable bonds is 1. The summed E-state index contributed by atoms with van der Waals surface area (Å²) in [6.07, 6.45) is 0. The second kappa shape index (κ2) is 2.00. The van der Waals surface area contributed by atoms with Crippen molar-refractivity contribution < 1.29 is 9.42 Å². The van der Waals surface area contributed by atoms with Gasteiger partial charge in [-0.25, -0.2) is 5.06 Å². The van der Waals surface area contributed by atoms with Crippen LogP contribution < -0.4 is 0 Å². The Kier molecular flexibility index (Phi) is 1.49. The Hall–Kier alpha value is -0.140. The van der Waals surface area contributed by atoms with Gasteiger partial charge in [-0.3, -0.25) is 9.42 Å². The molecule has 1 aliphatic heterocycles. The molecule has 1 amide bonds. The number of hydrogen-bond donors (Lipinski definition) is 0. The largest absolute Gasteiger partial charge is 0.272 e. The molecule has 4 heteroatoms. The van der Waals surface area contributed by atoms with Gasteiger partial charge >= 0.3 is 0 Å². The van der Waals surface area contributed by atoms with Crippen molar-refractivity contribution in [2.24, 2.45) is 5.92 Å². The summed E-state index contributed by atoms with van der Waals surface area (Å²) >= 11 is 0. The quantitative estimate of drug-likeness (QED) is 0.377. The Balaban J connectivity index is 2.36. The van der Waals surface area contributed by atoms with Crippen molar-refractivity contribution in [3.8, 4) is 0 Å². The van der Waals surface area contributed by atoms with Crippen molar-refractivity contribution in [2.75, 3.05) is 6.54 Å². The van der Waals surface area contributed by atoms with Crippen LogP contribution in [-0.4, -0.2) is 17.5 Å². The van der Waals surface area contributed by atoms with Gasteiger partial charge in [0, 0.05) is 9.47 Å². The molecule has 0 aliphatic carbocycles. The molecule has 1 rings (SSSR count). The van der Waals surface area contributed by atoms with E-state index in [1.807, 2.05) is 16.4 Å². The number of nitrogens with zero attached hydrogens (tertiary/aromatic N) is 1. The molecule has 0 saturated carbocycles. The Bertz CT molecular complexity index is 117. The molecule has 0 aromatic heterocycles. The van der Waals surface area contributed by atoms with Crippen LogP contribution in [-0.2, 0) is 9.42 Å². The second-order valence-corrected chi connectivity index (χ2v) is 2.12. The maximum Gasteiger partial charge on any atom is 0.251 e. The third-order valence-electron chi connectivity index (χ3n) is 1.23. The SMILES string of the molecule is C[C@@H]1CN(OP)C1=O. The molecular formula is C4H8NO2P. The standard InChI is InChI=1S/C4H8NO2P/c1-3-2-5(7-8)4(3)6/h3H,2,8H2,1H3/t3-/m1/s1. The molecule has 1 fully saturated rings. The fourth-order valence-electron chi connectivity index (χ4n) is 0.645. The van der Waals surface area contributed by atoms with E-state index in [4.69, 9.17) is 0 Å². The number of carbonyl (C=O) groups excluding carboxylic acids is 1. The number of β-lactam (4-membered cyclic amide) rings is 1.